The lowest BCUT2D eigenvalue weighted by Gasteiger charge is -2.02. The molecule has 0 unspecified atom stereocenters. The van der Waals surface area contributed by atoms with Gasteiger partial charge >= 0.3 is 0 Å². The molecule has 0 fully saturated rings. The molecular formula is C12H16O2. The predicted molar refractivity (Wildman–Crippen MR) is 57.7 cm³/mol. The lowest BCUT2D eigenvalue weighted by Crippen LogP contribution is -1.93. The molecule has 76 valence electrons. The summed E-state index contributed by atoms with van der Waals surface area (Å²) in [5, 5.41) is 0. The molecule has 0 radical (unpaired) electrons. The van der Waals surface area contributed by atoms with E-state index in [0.29, 0.717) is 13.2 Å². The van der Waals surface area contributed by atoms with Crippen LogP contribution in [0.25, 0.3) is 0 Å². The number of aryl methyl sites for hydroxylation is 1. The third-order valence-corrected chi connectivity index (χ3v) is 1.80. The summed E-state index contributed by atoms with van der Waals surface area (Å²) in [5.41, 5.74) is 1.24. The largest absolute Gasteiger partial charge is 0.490 e. The van der Waals surface area contributed by atoms with Gasteiger partial charge < -0.3 is 9.47 Å². The van der Waals surface area contributed by atoms with E-state index in [0.717, 1.165) is 5.75 Å². The molecular weight excluding hydrogens is 176 g/mol. The van der Waals surface area contributed by atoms with Gasteiger partial charge in [0.25, 0.3) is 0 Å². The second kappa shape index (κ2) is 6.22. The van der Waals surface area contributed by atoms with E-state index in [1.54, 1.807) is 7.11 Å². The number of benzene rings is 1. The molecule has 0 aliphatic rings. The van der Waals surface area contributed by atoms with Crippen LogP contribution >= 0.6 is 0 Å². The Hall–Kier alpha value is -1.28. The minimum absolute atomic E-state index is 0.590. The molecule has 0 saturated carbocycles. The van der Waals surface area contributed by atoms with E-state index >= 15 is 0 Å². The molecule has 14 heavy (non-hydrogen) atoms. The molecule has 0 aliphatic heterocycles. The Kier molecular flexibility index (Phi) is 4.79. The summed E-state index contributed by atoms with van der Waals surface area (Å²) in [6.07, 6.45) is 3.89. The molecule has 0 saturated heterocycles. The molecule has 0 aromatic heterocycles. The summed E-state index contributed by atoms with van der Waals surface area (Å²) in [4.78, 5) is 0. The van der Waals surface area contributed by atoms with Gasteiger partial charge in [-0.3, -0.25) is 0 Å². The summed E-state index contributed by atoms with van der Waals surface area (Å²) < 4.78 is 10.3. The molecule has 0 heterocycles. The second-order valence-corrected chi connectivity index (χ2v) is 3.05. The first kappa shape index (κ1) is 10.8. The normalized spacial score (nSPS) is 10.7. The van der Waals surface area contributed by atoms with Gasteiger partial charge in [-0.25, -0.2) is 0 Å². The number of hydrogen-bond donors (Lipinski definition) is 0. The molecule has 0 atom stereocenters. The van der Waals surface area contributed by atoms with E-state index < -0.39 is 0 Å². The van der Waals surface area contributed by atoms with Crippen molar-refractivity contribution in [3.05, 3.63) is 42.0 Å². The number of ether oxygens (including phenoxy) is 2. The van der Waals surface area contributed by atoms with Crippen LogP contribution in [0.2, 0.25) is 0 Å². The van der Waals surface area contributed by atoms with Crippen LogP contribution in [0.5, 0.6) is 5.75 Å². The highest BCUT2D eigenvalue weighted by Crippen LogP contribution is 2.10. The fourth-order valence-electron chi connectivity index (χ4n) is 1.01. The first-order valence-electron chi connectivity index (χ1n) is 4.66. The maximum absolute atomic E-state index is 5.47. The molecule has 1 aromatic rings. The molecule has 0 bridgehead atoms. The van der Waals surface area contributed by atoms with Crippen LogP contribution < -0.4 is 4.74 Å². The molecule has 0 N–H and O–H groups in total. The molecule has 0 spiro atoms. The minimum Gasteiger partial charge on any atom is -0.490 e. The van der Waals surface area contributed by atoms with Gasteiger partial charge in [-0.05, 0) is 25.1 Å². The molecule has 1 aromatic carbocycles. The Balaban J connectivity index is 2.28. The molecule has 2 nitrogen and oxygen atoms in total. The average Bonchev–Trinajstić information content (AvgIpc) is 2.21. The summed E-state index contributed by atoms with van der Waals surface area (Å²) in [6, 6.07) is 8.02. The SMILES string of the molecule is COC/C=C/COc1ccc(C)cc1. The van der Waals surface area contributed by atoms with Crippen LogP contribution in [0.15, 0.2) is 36.4 Å². The van der Waals surface area contributed by atoms with Gasteiger partial charge in [-0.1, -0.05) is 23.8 Å². The van der Waals surface area contributed by atoms with Crippen molar-refractivity contribution in [1.29, 1.82) is 0 Å². The molecule has 1 rings (SSSR count). The second-order valence-electron chi connectivity index (χ2n) is 3.05. The summed E-state index contributed by atoms with van der Waals surface area (Å²) in [7, 11) is 1.67. The van der Waals surface area contributed by atoms with Crippen LogP contribution in [-0.2, 0) is 4.74 Å². The van der Waals surface area contributed by atoms with E-state index in [9.17, 15) is 0 Å². The molecule has 2 heteroatoms. The standard InChI is InChI=1S/C12H16O2/c1-11-5-7-12(8-6-11)14-10-4-3-9-13-2/h3-8H,9-10H2,1-2H3/b4-3+. The lowest BCUT2D eigenvalue weighted by atomic mass is 10.2. The lowest BCUT2D eigenvalue weighted by molar-refractivity contribution is 0.233. The van der Waals surface area contributed by atoms with E-state index in [1.165, 1.54) is 5.56 Å². The van der Waals surface area contributed by atoms with E-state index in [4.69, 9.17) is 9.47 Å². The highest BCUT2D eigenvalue weighted by molar-refractivity contribution is 5.26. The van der Waals surface area contributed by atoms with Gasteiger partial charge in [0.1, 0.15) is 12.4 Å². The van der Waals surface area contributed by atoms with Crippen molar-refractivity contribution in [3.63, 3.8) is 0 Å². The molecule has 0 amide bonds. The van der Waals surface area contributed by atoms with Crippen LogP contribution in [0.3, 0.4) is 0 Å². The predicted octanol–water partition coefficient (Wildman–Crippen LogP) is 2.58. The van der Waals surface area contributed by atoms with Crippen LogP contribution in [-0.4, -0.2) is 20.3 Å². The van der Waals surface area contributed by atoms with E-state index in [2.05, 4.69) is 6.92 Å². The summed E-state index contributed by atoms with van der Waals surface area (Å²) in [6.45, 7) is 3.28. The zero-order valence-corrected chi connectivity index (χ0v) is 8.69. The third-order valence-electron chi connectivity index (χ3n) is 1.80. The van der Waals surface area contributed by atoms with Gasteiger partial charge in [0.2, 0.25) is 0 Å². The first-order valence-corrected chi connectivity index (χ1v) is 4.66. The van der Waals surface area contributed by atoms with Crippen LogP contribution in [0.1, 0.15) is 5.56 Å². The van der Waals surface area contributed by atoms with Gasteiger partial charge in [-0.15, -0.1) is 0 Å². The van der Waals surface area contributed by atoms with Crippen LogP contribution in [0, 0.1) is 6.92 Å². The van der Waals surface area contributed by atoms with Gasteiger partial charge in [0.15, 0.2) is 0 Å². The highest BCUT2D eigenvalue weighted by atomic mass is 16.5. The maximum atomic E-state index is 5.47. The molecule has 0 aliphatic carbocycles. The smallest absolute Gasteiger partial charge is 0.119 e. The Labute approximate surface area is 85.2 Å². The zero-order chi connectivity index (χ0) is 10.2. The fraction of sp³-hybridized carbons (Fsp3) is 0.333. The van der Waals surface area contributed by atoms with Crippen LogP contribution in [0.4, 0.5) is 0 Å². The fourth-order valence-corrected chi connectivity index (χ4v) is 1.01. The van der Waals surface area contributed by atoms with Crippen molar-refractivity contribution in [1.82, 2.24) is 0 Å². The Morgan fingerprint density at radius 2 is 1.71 bits per heavy atom. The maximum Gasteiger partial charge on any atom is 0.119 e. The third kappa shape index (κ3) is 4.10. The van der Waals surface area contributed by atoms with Crippen molar-refractivity contribution < 1.29 is 9.47 Å². The van der Waals surface area contributed by atoms with Gasteiger partial charge in [0, 0.05) is 7.11 Å². The van der Waals surface area contributed by atoms with Crippen molar-refractivity contribution in [3.8, 4) is 5.75 Å². The number of rotatable bonds is 5. The quantitative estimate of drug-likeness (QED) is 0.667. The van der Waals surface area contributed by atoms with E-state index in [-0.39, 0.29) is 0 Å². The van der Waals surface area contributed by atoms with Crippen molar-refractivity contribution in [2.24, 2.45) is 0 Å². The Morgan fingerprint density at radius 1 is 1.07 bits per heavy atom. The number of methoxy groups -OCH3 is 1. The van der Waals surface area contributed by atoms with Crippen molar-refractivity contribution in [2.75, 3.05) is 20.3 Å². The van der Waals surface area contributed by atoms with E-state index in [1.807, 2.05) is 36.4 Å². The summed E-state index contributed by atoms with van der Waals surface area (Å²) >= 11 is 0. The number of hydrogen-bond acceptors (Lipinski definition) is 2. The highest BCUT2D eigenvalue weighted by Gasteiger charge is 1.89. The van der Waals surface area contributed by atoms with Gasteiger partial charge in [-0.2, -0.15) is 0 Å². The Morgan fingerprint density at radius 3 is 2.36 bits per heavy atom. The summed E-state index contributed by atoms with van der Waals surface area (Å²) in [5.74, 6) is 0.901. The Bertz CT molecular complexity index is 275. The topological polar surface area (TPSA) is 18.5 Å². The zero-order valence-electron chi connectivity index (χ0n) is 8.69. The monoisotopic (exact) mass is 192 g/mol. The minimum atomic E-state index is 0.590. The first-order chi connectivity index (χ1) is 6.83. The van der Waals surface area contributed by atoms with Crippen molar-refractivity contribution in [2.45, 2.75) is 6.92 Å². The van der Waals surface area contributed by atoms with Crippen molar-refractivity contribution >= 4 is 0 Å². The average molecular weight is 192 g/mol. The van der Waals surface area contributed by atoms with Gasteiger partial charge in [0.05, 0.1) is 6.61 Å².